The SMILES string of the molecule is CCOC(=O)/C=C(\[O-])C(F)(F)F.c1ccc(N2CCNCC2)cc1. The van der Waals surface area contributed by atoms with Crippen molar-refractivity contribution in [3.05, 3.63) is 42.2 Å². The second-order valence-corrected chi connectivity index (χ2v) is 4.83. The second-order valence-electron chi connectivity index (χ2n) is 4.83. The van der Waals surface area contributed by atoms with Crippen LogP contribution in [0.1, 0.15) is 6.92 Å². The molecule has 1 heterocycles. The van der Waals surface area contributed by atoms with Gasteiger partial charge in [0, 0.05) is 37.9 Å². The highest BCUT2D eigenvalue weighted by atomic mass is 19.4. The summed E-state index contributed by atoms with van der Waals surface area (Å²) in [5, 5.41) is 13.4. The molecule has 1 aromatic carbocycles. The molecule has 2 rings (SSSR count). The molecular formula is C16H20F3N2O3-. The summed E-state index contributed by atoms with van der Waals surface area (Å²) in [5.74, 6) is -3.49. The van der Waals surface area contributed by atoms with E-state index in [1.54, 1.807) is 0 Å². The molecule has 1 aliphatic heterocycles. The molecule has 0 atom stereocenters. The number of para-hydroxylation sites is 1. The van der Waals surface area contributed by atoms with Gasteiger partial charge in [-0.25, -0.2) is 4.79 Å². The Hall–Kier alpha value is -2.22. The minimum atomic E-state index is -5.01. The molecule has 0 bridgehead atoms. The van der Waals surface area contributed by atoms with Crippen molar-refractivity contribution in [2.45, 2.75) is 13.1 Å². The van der Waals surface area contributed by atoms with Gasteiger partial charge in [-0.2, -0.15) is 13.2 Å². The molecule has 0 amide bonds. The van der Waals surface area contributed by atoms with Crippen molar-refractivity contribution in [3.8, 4) is 0 Å². The number of nitrogens with one attached hydrogen (secondary N) is 1. The zero-order chi connectivity index (χ0) is 18.0. The molecule has 0 unspecified atom stereocenters. The van der Waals surface area contributed by atoms with E-state index in [2.05, 4.69) is 45.3 Å². The van der Waals surface area contributed by atoms with Crippen LogP contribution in [0.15, 0.2) is 42.2 Å². The van der Waals surface area contributed by atoms with Crippen LogP contribution in [-0.2, 0) is 9.53 Å². The number of hydrogen-bond acceptors (Lipinski definition) is 5. The molecule has 0 spiro atoms. The second kappa shape index (κ2) is 9.82. The third-order valence-corrected chi connectivity index (χ3v) is 3.05. The third-order valence-electron chi connectivity index (χ3n) is 3.05. The van der Waals surface area contributed by atoms with E-state index in [-0.39, 0.29) is 12.7 Å². The van der Waals surface area contributed by atoms with E-state index in [9.17, 15) is 23.1 Å². The van der Waals surface area contributed by atoms with Crippen molar-refractivity contribution in [1.29, 1.82) is 0 Å². The predicted octanol–water partition coefficient (Wildman–Crippen LogP) is 1.45. The minimum absolute atomic E-state index is 0.0690. The Bertz CT molecular complexity index is 527. The number of benzene rings is 1. The van der Waals surface area contributed by atoms with Crippen LogP contribution in [0.2, 0.25) is 0 Å². The van der Waals surface area contributed by atoms with Crippen LogP contribution in [0.5, 0.6) is 0 Å². The Labute approximate surface area is 138 Å². The molecule has 0 saturated carbocycles. The zero-order valence-electron chi connectivity index (χ0n) is 13.3. The molecule has 5 nitrogen and oxygen atoms in total. The number of ether oxygens (including phenoxy) is 1. The van der Waals surface area contributed by atoms with Crippen LogP contribution in [-0.4, -0.2) is 44.9 Å². The molecule has 0 aromatic heterocycles. The Kier molecular flexibility index (Phi) is 8.11. The van der Waals surface area contributed by atoms with Crippen molar-refractivity contribution in [2.75, 3.05) is 37.7 Å². The molecule has 1 saturated heterocycles. The number of nitrogens with zero attached hydrogens (tertiary/aromatic N) is 1. The van der Waals surface area contributed by atoms with E-state index in [1.165, 1.54) is 12.6 Å². The van der Waals surface area contributed by atoms with Crippen LogP contribution >= 0.6 is 0 Å². The van der Waals surface area contributed by atoms with E-state index in [4.69, 9.17) is 0 Å². The van der Waals surface area contributed by atoms with Gasteiger partial charge in [-0.05, 0) is 24.8 Å². The lowest BCUT2D eigenvalue weighted by Gasteiger charge is -2.29. The van der Waals surface area contributed by atoms with Gasteiger partial charge in [-0.3, -0.25) is 0 Å². The Morgan fingerprint density at radius 3 is 2.38 bits per heavy atom. The number of halogens is 3. The van der Waals surface area contributed by atoms with Crippen molar-refractivity contribution in [2.24, 2.45) is 0 Å². The summed E-state index contributed by atoms with van der Waals surface area (Å²) >= 11 is 0. The number of allylic oxidation sites excluding steroid dienone is 1. The summed E-state index contributed by atoms with van der Waals surface area (Å²) in [7, 11) is 0. The first-order valence-corrected chi connectivity index (χ1v) is 7.48. The lowest BCUT2D eigenvalue weighted by molar-refractivity contribution is -0.360. The first-order valence-electron chi connectivity index (χ1n) is 7.48. The quantitative estimate of drug-likeness (QED) is 0.510. The van der Waals surface area contributed by atoms with Crippen LogP contribution < -0.4 is 15.3 Å². The first-order chi connectivity index (χ1) is 11.3. The van der Waals surface area contributed by atoms with Crippen molar-refractivity contribution in [1.82, 2.24) is 5.32 Å². The summed E-state index contributed by atoms with van der Waals surface area (Å²) < 4.78 is 38.5. The van der Waals surface area contributed by atoms with Gasteiger partial charge < -0.3 is 20.1 Å². The molecule has 1 aliphatic rings. The van der Waals surface area contributed by atoms with Gasteiger partial charge in [0.1, 0.15) is 0 Å². The monoisotopic (exact) mass is 345 g/mol. The molecule has 134 valence electrons. The summed E-state index contributed by atoms with van der Waals surface area (Å²) in [5.41, 5.74) is 1.35. The summed E-state index contributed by atoms with van der Waals surface area (Å²) in [6.45, 7) is 5.82. The lowest BCUT2D eigenvalue weighted by Crippen LogP contribution is -2.43. The lowest BCUT2D eigenvalue weighted by atomic mass is 10.2. The zero-order valence-corrected chi connectivity index (χ0v) is 13.3. The normalized spacial score (nSPS) is 15.3. The molecule has 24 heavy (non-hydrogen) atoms. The van der Waals surface area contributed by atoms with Crippen molar-refractivity contribution < 1.29 is 27.8 Å². The average Bonchev–Trinajstić information content (AvgIpc) is 2.56. The van der Waals surface area contributed by atoms with E-state index in [1.807, 2.05) is 0 Å². The van der Waals surface area contributed by atoms with Crippen molar-refractivity contribution >= 4 is 11.7 Å². The molecule has 0 aliphatic carbocycles. The van der Waals surface area contributed by atoms with E-state index in [0.29, 0.717) is 0 Å². The Balaban J connectivity index is 0.000000240. The number of carbonyl (C=O) groups excluding carboxylic acids is 1. The molecule has 8 heteroatoms. The molecule has 1 N–H and O–H groups in total. The number of rotatable bonds is 3. The summed E-state index contributed by atoms with van der Waals surface area (Å²) in [6.07, 6.45) is -5.13. The minimum Gasteiger partial charge on any atom is -0.869 e. The highest BCUT2D eigenvalue weighted by molar-refractivity contribution is 5.82. The average molecular weight is 345 g/mol. The van der Waals surface area contributed by atoms with Gasteiger partial charge in [0.05, 0.1) is 6.61 Å². The largest absolute Gasteiger partial charge is 0.869 e. The number of carbonyl (C=O) groups is 1. The fraction of sp³-hybridized carbons (Fsp3) is 0.438. The van der Waals surface area contributed by atoms with E-state index in [0.717, 1.165) is 26.2 Å². The van der Waals surface area contributed by atoms with Crippen molar-refractivity contribution in [3.63, 3.8) is 0 Å². The van der Waals surface area contributed by atoms with Gasteiger partial charge in [0.2, 0.25) is 0 Å². The predicted molar refractivity (Wildman–Crippen MR) is 82.3 cm³/mol. The number of piperazine rings is 1. The van der Waals surface area contributed by atoms with Crippen LogP contribution in [0.3, 0.4) is 0 Å². The highest BCUT2D eigenvalue weighted by Crippen LogP contribution is 2.20. The van der Waals surface area contributed by atoms with E-state index < -0.39 is 17.9 Å². The van der Waals surface area contributed by atoms with Crippen LogP contribution in [0.4, 0.5) is 18.9 Å². The molecule has 1 fully saturated rings. The van der Waals surface area contributed by atoms with Crippen LogP contribution in [0.25, 0.3) is 0 Å². The molecule has 1 aromatic rings. The maximum Gasteiger partial charge on any atom is 0.402 e. The van der Waals surface area contributed by atoms with Gasteiger partial charge >= 0.3 is 12.1 Å². The smallest absolute Gasteiger partial charge is 0.402 e. The number of alkyl halides is 3. The Morgan fingerprint density at radius 2 is 1.88 bits per heavy atom. The fourth-order valence-corrected chi connectivity index (χ4v) is 1.93. The molecule has 0 radical (unpaired) electrons. The maximum absolute atomic E-state index is 11.5. The Morgan fingerprint density at radius 1 is 1.29 bits per heavy atom. The first kappa shape index (κ1) is 19.8. The highest BCUT2D eigenvalue weighted by Gasteiger charge is 2.26. The third kappa shape index (κ3) is 7.36. The molecular weight excluding hydrogens is 325 g/mol. The number of anilines is 1. The van der Waals surface area contributed by atoms with E-state index >= 15 is 0 Å². The topological polar surface area (TPSA) is 64.6 Å². The summed E-state index contributed by atoms with van der Waals surface area (Å²) in [4.78, 5) is 12.7. The maximum atomic E-state index is 11.5. The number of esters is 1. The van der Waals surface area contributed by atoms with Gasteiger partial charge in [0.15, 0.2) is 0 Å². The van der Waals surface area contributed by atoms with Gasteiger partial charge in [0.25, 0.3) is 0 Å². The fourth-order valence-electron chi connectivity index (χ4n) is 1.93. The van der Waals surface area contributed by atoms with Crippen LogP contribution in [0, 0.1) is 0 Å². The van der Waals surface area contributed by atoms with Gasteiger partial charge in [-0.15, -0.1) is 0 Å². The summed E-state index contributed by atoms with van der Waals surface area (Å²) in [6, 6.07) is 10.6. The van der Waals surface area contributed by atoms with Gasteiger partial charge in [-0.1, -0.05) is 18.2 Å². The number of hydrogen-bond donors (Lipinski definition) is 1. The standard InChI is InChI=1S/C10H14N2.C6H7F3O3/c1-2-4-10(5-3-1)12-8-6-11-7-9-12;1-2-12-5(11)3-4(10)6(7,8)9/h1-5,11H,6-9H2;3,10H,2H2,1H3/p-1/b;4-3-.